The summed E-state index contributed by atoms with van der Waals surface area (Å²) in [6.07, 6.45) is 3.58. The van der Waals surface area contributed by atoms with Crippen LogP contribution < -0.4 is 9.47 Å². The molecular weight excluding hydrogens is 248 g/mol. The number of hydrogen-bond acceptors (Lipinski definition) is 2. The Balaban J connectivity index is 2.60. The van der Waals surface area contributed by atoms with Crippen LogP contribution in [0.5, 0.6) is 11.5 Å². The zero-order valence-corrected chi connectivity index (χ0v) is 11.8. The first-order valence-electron chi connectivity index (χ1n) is 6.35. The monoisotopic (exact) mass is 266 g/mol. The van der Waals surface area contributed by atoms with E-state index in [1.165, 1.54) is 0 Å². The van der Waals surface area contributed by atoms with E-state index in [9.17, 15) is 0 Å². The van der Waals surface area contributed by atoms with Gasteiger partial charge in [0.25, 0.3) is 0 Å². The smallest absolute Gasteiger partial charge is 0.169 e. The molecule has 0 aliphatic carbocycles. The van der Waals surface area contributed by atoms with Crippen LogP contribution in [0.15, 0.2) is 49.6 Å². The molecule has 0 aromatic heterocycles. The van der Waals surface area contributed by atoms with Crippen molar-refractivity contribution in [2.75, 3.05) is 14.2 Å². The highest BCUT2D eigenvalue weighted by Gasteiger charge is 2.14. The predicted molar refractivity (Wildman–Crippen MR) is 85.2 cm³/mol. The number of methoxy groups -OCH3 is 2. The molecule has 0 N–H and O–H groups in total. The van der Waals surface area contributed by atoms with Crippen molar-refractivity contribution in [2.45, 2.75) is 0 Å². The molecule has 2 rings (SSSR count). The maximum absolute atomic E-state index is 5.53. The van der Waals surface area contributed by atoms with Crippen molar-refractivity contribution >= 4 is 12.2 Å². The normalized spacial score (nSPS) is 9.90. The van der Waals surface area contributed by atoms with Gasteiger partial charge in [0, 0.05) is 11.1 Å². The SMILES string of the molecule is C=Cc1ccc(-c2ccc(C=C)c(OC)c2OC)cc1. The van der Waals surface area contributed by atoms with Crippen LogP contribution in [0.4, 0.5) is 0 Å². The van der Waals surface area contributed by atoms with Crippen LogP contribution in [0.3, 0.4) is 0 Å². The van der Waals surface area contributed by atoms with Crippen LogP contribution in [0.2, 0.25) is 0 Å². The lowest BCUT2D eigenvalue weighted by atomic mass is 10.00. The van der Waals surface area contributed by atoms with Gasteiger partial charge in [0.05, 0.1) is 14.2 Å². The van der Waals surface area contributed by atoms with Gasteiger partial charge in [0.2, 0.25) is 0 Å². The van der Waals surface area contributed by atoms with Gasteiger partial charge in [-0.25, -0.2) is 0 Å². The lowest BCUT2D eigenvalue weighted by Crippen LogP contribution is -1.95. The molecule has 20 heavy (non-hydrogen) atoms. The molecule has 0 atom stereocenters. The molecule has 2 aromatic carbocycles. The van der Waals surface area contributed by atoms with Gasteiger partial charge >= 0.3 is 0 Å². The van der Waals surface area contributed by atoms with Crippen molar-refractivity contribution in [3.05, 3.63) is 60.7 Å². The van der Waals surface area contributed by atoms with Gasteiger partial charge in [-0.2, -0.15) is 0 Å². The van der Waals surface area contributed by atoms with E-state index in [2.05, 4.69) is 13.2 Å². The highest BCUT2D eigenvalue weighted by atomic mass is 16.5. The largest absolute Gasteiger partial charge is 0.492 e. The third-order valence-electron chi connectivity index (χ3n) is 3.23. The molecule has 0 radical (unpaired) electrons. The van der Waals surface area contributed by atoms with E-state index in [1.807, 2.05) is 42.5 Å². The Morgan fingerprint density at radius 1 is 0.800 bits per heavy atom. The van der Waals surface area contributed by atoms with E-state index in [1.54, 1.807) is 20.3 Å². The molecule has 2 nitrogen and oxygen atoms in total. The molecule has 0 aliphatic rings. The third kappa shape index (κ3) is 2.45. The van der Waals surface area contributed by atoms with Gasteiger partial charge in [-0.05, 0) is 17.2 Å². The summed E-state index contributed by atoms with van der Waals surface area (Å²) in [6.45, 7) is 7.55. The fourth-order valence-electron chi connectivity index (χ4n) is 2.18. The third-order valence-corrected chi connectivity index (χ3v) is 3.23. The average Bonchev–Trinajstić information content (AvgIpc) is 2.53. The van der Waals surface area contributed by atoms with E-state index in [0.717, 1.165) is 28.0 Å². The molecule has 0 amide bonds. The van der Waals surface area contributed by atoms with Gasteiger partial charge in [-0.3, -0.25) is 0 Å². The second-order valence-corrected chi connectivity index (χ2v) is 4.30. The Kier molecular flexibility index (Phi) is 4.26. The van der Waals surface area contributed by atoms with E-state index in [0.29, 0.717) is 5.75 Å². The second kappa shape index (κ2) is 6.11. The molecule has 0 saturated heterocycles. The Morgan fingerprint density at radius 2 is 1.45 bits per heavy atom. The average molecular weight is 266 g/mol. The lowest BCUT2D eigenvalue weighted by Gasteiger charge is -2.15. The van der Waals surface area contributed by atoms with E-state index >= 15 is 0 Å². The Labute approximate surface area is 120 Å². The fraction of sp³-hybridized carbons (Fsp3) is 0.111. The van der Waals surface area contributed by atoms with Gasteiger partial charge in [-0.1, -0.05) is 55.6 Å². The summed E-state index contributed by atoms with van der Waals surface area (Å²) in [4.78, 5) is 0. The molecule has 0 aliphatic heterocycles. The first-order valence-corrected chi connectivity index (χ1v) is 6.35. The number of benzene rings is 2. The highest BCUT2D eigenvalue weighted by Crippen LogP contribution is 2.40. The summed E-state index contributed by atoms with van der Waals surface area (Å²) in [5, 5.41) is 0. The Bertz CT molecular complexity index is 625. The zero-order valence-electron chi connectivity index (χ0n) is 11.8. The molecule has 0 bridgehead atoms. The number of hydrogen-bond donors (Lipinski definition) is 0. The minimum atomic E-state index is 0.702. The van der Waals surface area contributed by atoms with Gasteiger partial charge in [-0.15, -0.1) is 0 Å². The lowest BCUT2D eigenvalue weighted by molar-refractivity contribution is 0.355. The molecule has 0 fully saturated rings. The van der Waals surface area contributed by atoms with Crippen molar-refractivity contribution in [1.82, 2.24) is 0 Å². The van der Waals surface area contributed by atoms with Crippen LogP contribution in [0, 0.1) is 0 Å². The fourth-order valence-corrected chi connectivity index (χ4v) is 2.18. The highest BCUT2D eigenvalue weighted by molar-refractivity contribution is 5.78. The maximum atomic E-state index is 5.53. The molecule has 102 valence electrons. The van der Waals surface area contributed by atoms with Crippen LogP contribution in [-0.2, 0) is 0 Å². The molecule has 0 unspecified atom stereocenters. The van der Waals surface area contributed by atoms with E-state index < -0.39 is 0 Å². The summed E-state index contributed by atoms with van der Waals surface area (Å²) in [5.41, 5.74) is 4.06. The van der Waals surface area contributed by atoms with Crippen molar-refractivity contribution < 1.29 is 9.47 Å². The Morgan fingerprint density at radius 3 is 1.95 bits per heavy atom. The topological polar surface area (TPSA) is 18.5 Å². The first kappa shape index (κ1) is 13.9. The van der Waals surface area contributed by atoms with Gasteiger partial charge in [0.1, 0.15) is 0 Å². The van der Waals surface area contributed by atoms with Crippen molar-refractivity contribution in [3.63, 3.8) is 0 Å². The van der Waals surface area contributed by atoms with Gasteiger partial charge < -0.3 is 9.47 Å². The molecule has 0 saturated carbocycles. The molecule has 2 heteroatoms. The zero-order chi connectivity index (χ0) is 14.5. The first-order chi connectivity index (χ1) is 9.74. The number of rotatable bonds is 5. The van der Waals surface area contributed by atoms with Crippen molar-refractivity contribution in [2.24, 2.45) is 0 Å². The molecule has 2 aromatic rings. The summed E-state index contributed by atoms with van der Waals surface area (Å²) >= 11 is 0. The quantitative estimate of drug-likeness (QED) is 0.783. The maximum Gasteiger partial charge on any atom is 0.169 e. The predicted octanol–water partition coefficient (Wildman–Crippen LogP) is 4.66. The minimum absolute atomic E-state index is 0.702. The Hall–Kier alpha value is -2.48. The van der Waals surface area contributed by atoms with Crippen LogP contribution in [-0.4, -0.2) is 14.2 Å². The summed E-state index contributed by atoms with van der Waals surface area (Å²) in [6, 6.07) is 12.1. The molecular formula is C18H18O2. The summed E-state index contributed by atoms with van der Waals surface area (Å²) in [5.74, 6) is 1.42. The molecule has 0 spiro atoms. The second-order valence-electron chi connectivity index (χ2n) is 4.30. The summed E-state index contributed by atoms with van der Waals surface area (Å²) < 4.78 is 11.0. The van der Waals surface area contributed by atoms with Crippen molar-refractivity contribution in [3.8, 4) is 22.6 Å². The van der Waals surface area contributed by atoms with Crippen LogP contribution in [0.25, 0.3) is 23.3 Å². The molecule has 0 heterocycles. The van der Waals surface area contributed by atoms with Crippen LogP contribution >= 0.6 is 0 Å². The van der Waals surface area contributed by atoms with E-state index in [-0.39, 0.29) is 0 Å². The van der Waals surface area contributed by atoms with E-state index in [4.69, 9.17) is 9.47 Å². The minimum Gasteiger partial charge on any atom is -0.492 e. The van der Waals surface area contributed by atoms with Gasteiger partial charge in [0.15, 0.2) is 11.5 Å². The standard InChI is InChI=1S/C18H18O2/c1-5-13-7-9-15(10-8-13)16-12-11-14(6-2)17(19-3)18(16)20-4/h5-12H,1-2H2,3-4H3. The number of ether oxygens (including phenoxy) is 2. The summed E-state index contributed by atoms with van der Waals surface area (Å²) in [7, 11) is 3.28. The van der Waals surface area contributed by atoms with Crippen LogP contribution in [0.1, 0.15) is 11.1 Å². The van der Waals surface area contributed by atoms with Crippen molar-refractivity contribution in [1.29, 1.82) is 0 Å².